The van der Waals surface area contributed by atoms with Gasteiger partial charge in [0.1, 0.15) is 0 Å². The van der Waals surface area contributed by atoms with E-state index in [1.165, 1.54) is 30.4 Å². The first kappa shape index (κ1) is 14.3. The lowest BCUT2D eigenvalue weighted by Crippen LogP contribution is -2.09. The van der Waals surface area contributed by atoms with Crippen LogP contribution in [0.2, 0.25) is 0 Å². The summed E-state index contributed by atoms with van der Waals surface area (Å²) in [5, 5.41) is 10.4. The second kappa shape index (κ2) is 6.91. The molecule has 110 valence electrons. The number of aliphatic hydroxyl groups is 1. The molecule has 0 aromatic heterocycles. The van der Waals surface area contributed by atoms with Crippen LogP contribution in [0.15, 0.2) is 54.6 Å². The molecule has 21 heavy (non-hydrogen) atoms. The number of benzene rings is 2. The molecule has 2 aromatic carbocycles. The lowest BCUT2D eigenvalue weighted by molar-refractivity contribution is 0.164. The van der Waals surface area contributed by atoms with Crippen molar-refractivity contribution in [3.63, 3.8) is 0 Å². The third-order valence-electron chi connectivity index (χ3n) is 4.66. The SMILES string of the molecule is OC(CCCc1ccccc1)c1cccc(C2CCC2)c1. The normalized spacial score (nSPS) is 16.4. The van der Waals surface area contributed by atoms with Crippen LogP contribution in [-0.2, 0) is 6.42 Å². The van der Waals surface area contributed by atoms with Gasteiger partial charge in [0.2, 0.25) is 0 Å². The quantitative estimate of drug-likeness (QED) is 0.788. The van der Waals surface area contributed by atoms with Crippen LogP contribution in [0.1, 0.15) is 60.8 Å². The Morgan fingerprint density at radius 1 is 1.00 bits per heavy atom. The molecule has 0 radical (unpaired) electrons. The average molecular weight is 280 g/mol. The summed E-state index contributed by atoms with van der Waals surface area (Å²) < 4.78 is 0. The highest BCUT2D eigenvalue weighted by Crippen LogP contribution is 2.37. The summed E-state index contributed by atoms with van der Waals surface area (Å²) in [7, 11) is 0. The molecule has 0 aliphatic heterocycles. The van der Waals surface area contributed by atoms with Crippen molar-refractivity contribution in [3.8, 4) is 0 Å². The van der Waals surface area contributed by atoms with Crippen molar-refractivity contribution in [2.24, 2.45) is 0 Å². The van der Waals surface area contributed by atoms with E-state index in [0.29, 0.717) is 0 Å². The van der Waals surface area contributed by atoms with Crippen LogP contribution >= 0.6 is 0 Å². The standard InChI is InChI=1S/C20H24O/c21-20(14-4-9-16-7-2-1-3-8-16)19-13-6-12-18(15-19)17-10-5-11-17/h1-3,6-8,12-13,15,17,20-21H,4-5,9-11,14H2. The van der Waals surface area contributed by atoms with Crippen molar-refractivity contribution in [3.05, 3.63) is 71.3 Å². The van der Waals surface area contributed by atoms with E-state index >= 15 is 0 Å². The van der Waals surface area contributed by atoms with Gasteiger partial charge in [0.25, 0.3) is 0 Å². The number of aliphatic hydroxyl groups excluding tert-OH is 1. The summed E-state index contributed by atoms with van der Waals surface area (Å²) in [5.74, 6) is 0.737. The van der Waals surface area contributed by atoms with Gasteiger partial charge in [-0.05, 0) is 54.7 Å². The molecule has 1 heteroatoms. The molecule has 3 rings (SSSR count). The number of hydrogen-bond donors (Lipinski definition) is 1. The van der Waals surface area contributed by atoms with Crippen molar-refractivity contribution in [2.75, 3.05) is 0 Å². The minimum absolute atomic E-state index is 0.325. The highest BCUT2D eigenvalue weighted by molar-refractivity contribution is 5.29. The van der Waals surface area contributed by atoms with Crippen molar-refractivity contribution in [2.45, 2.75) is 50.5 Å². The van der Waals surface area contributed by atoms with Crippen molar-refractivity contribution in [1.29, 1.82) is 0 Å². The number of rotatable bonds is 6. The molecule has 0 amide bonds. The van der Waals surface area contributed by atoms with Gasteiger partial charge >= 0.3 is 0 Å². The fraction of sp³-hybridized carbons (Fsp3) is 0.400. The smallest absolute Gasteiger partial charge is 0.0790 e. The zero-order chi connectivity index (χ0) is 14.5. The van der Waals surface area contributed by atoms with E-state index in [1.54, 1.807) is 0 Å². The Hall–Kier alpha value is -1.60. The molecule has 1 unspecified atom stereocenters. The summed E-state index contributed by atoms with van der Waals surface area (Å²) in [6.45, 7) is 0. The maximum atomic E-state index is 10.4. The lowest BCUT2D eigenvalue weighted by Gasteiger charge is -2.26. The van der Waals surface area contributed by atoms with Gasteiger partial charge in [-0.1, -0.05) is 61.0 Å². The molecule has 1 aliphatic carbocycles. The van der Waals surface area contributed by atoms with E-state index in [2.05, 4.69) is 48.5 Å². The van der Waals surface area contributed by atoms with E-state index in [4.69, 9.17) is 0 Å². The number of hydrogen-bond acceptors (Lipinski definition) is 1. The van der Waals surface area contributed by atoms with Gasteiger partial charge in [-0.3, -0.25) is 0 Å². The minimum Gasteiger partial charge on any atom is -0.388 e. The molecular weight excluding hydrogens is 256 g/mol. The molecule has 1 fully saturated rings. The lowest BCUT2D eigenvalue weighted by atomic mass is 9.79. The van der Waals surface area contributed by atoms with Crippen molar-refractivity contribution >= 4 is 0 Å². The average Bonchev–Trinajstić information content (AvgIpc) is 2.47. The molecule has 1 aliphatic rings. The topological polar surface area (TPSA) is 20.2 Å². The molecule has 0 heterocycles. The van der Waals surface area contributed by atoms with E-state index in [0.717, 1.165) is 30.7 Å². The van der Waals surface area contributed by atoms with Crippen LogP contribution in [0.3, 0.4) is 0 Å². The number of aryl methyl sites for hydroxylation is 1. The van der Waals surface area contributed by atoms with Crippen LogP contribution in [0, 0.1) is 0 Å². The maximum Gasteiger partial charge on any atom is 0.0790 e. The van der Waals surface area contributed by atoms with Crippen molar-refractivity contribution in [1.82, 2.24) is 0 Å². The molecule has 0 spiro atoms. The van der Waals surface area contributed by atoms with Gasteiger partial charge in [-0.25, -0.2) is 0 Å². The summed E-state index contributed by atoms with van der Waals surface area (Å²) in [5.41, 5.74) is 3.86. The largest absolute Gasteiger partial charge is 0.388 e. The minimum atomic E-state index is -0.325. The van der Waals surface area contributed by atoms with Crippen molar-refractivity contribution < 1.29 is 5.11 Å². The van der Waals surface area contributed by atoms with E-state index in [-0.39, 0.29) is 6.10 Å². The van der Waals surface area contributed by atoms with Gasteiger partial charge in [-0.15, -0.1) is 0 Å². The predicted molar refractivity (Wildman–Crippen MR) is 87.4 cm³/mol. The second-order valence-corrected chi connectivity index (χ2v) is 6.19. The first-order valence-electron chi connectivity index (χ1n) is 8.15. The third kappa shape index (κ3) is 3.74. The second-order valence-electron chi connectivity index (χ2n) is 6.19. The Morgan fingerprint density at radius 2 is 1.81 bits per heavy atom. The summed E-state index contributed by atoms with van der Waals surface area (Å²) in [6, 6.07) is 19.1. The molecule has 1 N–H and O–H groups in total. The van der Waals surface area contributed by atoms with Gasteiger partial charge in [0.15, 0.2) is 0 Å². The monoisotopic (exact) mass is 280 g/mol. The fourth-order valence-corrected chi connectivity index (χ4v) is 3.07. The third-order valence-corrected chi connectivity index (χ3v) is 4.66. The first-order valence-corrected chi connectivity index (χ1v) is 8.15. The Bertz CT molecular complexity index is 557. The highest BCUT2D eigenvalue weighted by Gasteiger charge is 2.20. The van der Waals surface area contributed by atoms with E-state index < -0.39 is 0 Å². The van der Waals surface area contributed by atoms with Crippen LogP contribution in [0.25, 0.3) is 0 Å². The van der Waals surface area contributed by atoms with E-state index in [9.17, 15) is 5.11 Å². The van der Waals surface area contributed by atoms with Crippen LogP contribution in [0.4, 0.5) is 0 Å². The predicted octanol–water partition coefficient (Wildman–Crippen LogP) is 5.01. The van der Waals surface area contributed by atoms with Crippen LogP contribution < -0.4 is 0 Å². The van der Waals surface area contributed by atoms with Gasteiger partial charge in [0, 0.05) is 0 Å². The summed E-state index contributed by atoms with van der Waals surface area (Å²) in [6.07, 6.45) is 6.56. The molecule has 0 bridgehead atoms. The van der Waals surface area contributed by atoms with Crippen LogP contribution in [0.5, 0.6) is 0 Å². The Balaban J connectivity index is 1.54. The molecule has 1 saturated carbocycles. The molecule has 1 atom stereocenters. The molecule has 2 aromatic rings. The van der Waals surface area contributed by atoms with Crippen LogP contribution in [-0.4, -0.2) is 5.11 Å². The summed E-state index contributed by atoms with van der Waals surface area (Å²) >= 11 is 0. The van der Waals surface area contributed by atoms with Gasteiger partial charge in [-0.2, -0.15) is 0 Å². The molecular formula is C20H24O. The summed E-state index contributed by atoms with van der Waals surface area (Å²) in [4.78, 5) is 0. The fourth-order valence-electron chi connectivity index (χ4n) is 3.07. The Labute approximate surface area is 127 Å². The van der Waals surface area contributed by atoms with Gasteiger partial charge in [0.05, 0.1) is 6.10 Å². The zero-order valence-corrected chi connectivity index (χ0v) is 12.5. The highest BCUT2D eigenvalue weighted by atomic mass is 16.3. The first-order chi connectivity index (χ1) is 10.3. The molecule has 1 nitrogen and oxygen atoms in total. The van der Waals surface area contributed by atoms with Gasteiger partial charge < -0.3 is 5.11 Å². The molecule has 0 saturated heterocycles. The Kier molecular flexibility index (Phi) is 4.72. The van der Waals surface area contributed by atoms with E-state index in [1.807, 2.05) is 6.07 Å². The zero-order valence-electron chi connectivity index (χ0n) is 12.5. The maximum absolute atomic E-state index is 10.4. The Morgan fingerprint density at radius 3 is 2.52 bits per heavy atom.